The minimum Gasteiger partial charge on any atom is -0.379 e. The third-order valence-electron chi connectivity index (χ3n) is 6.15. The van der Waals surface area contributed by atoms with Crippen LogP contribution in [0.2, 0.25) is 0 Å². The molecule has 0 bridgehead atoms. The van der Waals surface area contributed by atoms with E-state index in [0.717, 1.165) is 17.2 Å². The van der Waals surface area contributed by atoms with E-state index >= 15 is 0 Å². The summed E-state index contributed by atoms with van der Waals surface area (Å²) in [6, 6.07) is 14.5. The van der Waals surface area contributed by atoms with Gasteiger partial charge in [0.2, 0.25) is 11.8 Å². The number of hydrogen-bond acceptors (Lipinski definition) is 4. The van der Waals surface area contributed by atoms with Gasteiger partial charge in [0.1, 0.15) is 11.4 Å². The normalized spacial score (nSPS) is 16.8. The highest BCUT2D eigenvalue weighted by molar-refractivity contribution is 5.91. The van der Waals surface area contributed by atoms with Crippen LogP contribution < -0.4 is 5.32 Å². The Morgan fingerprint density at radius 1 is 1.18 bits per heavy atom. The number of aromatic nitrogens is 1. The van der Waals surface area contributed by atoms with E-state index < -0.39 is 17.3 Å². The minimum atomic E-state index is -1.12. The molecule has 1 atom stereocenters. The number of benzene rings is 2. The average Bonchev–Trinajstić information content (AvgIpc) is 3.05. The van der Waals surface area contributed by atoms with Crippen molar-refractivity contribution in [3.63, 3.8) is 0 Å². The number of fused-ring (bicyclic) bond motifs is 1. The van der Waals surface area contributed by atoms with E-state index in [0.29, 0.717) is 31.9 Å². The molecule has 4 rings (SSSR count). The lowest BCUT2D eigenvalue weighted by molar-refractivity contribution is -0.140. The number of carbonyl (C=O) groups is 2. The smallest absolute Gasteiger partial charge is 0.247 e. The van der Waals surface area contributed by atoms with Crippen molar-refractivity contribution in [2.75, 3.05) is 26.3 Å². The molecule has 1 aromatic heterocycles. The monoisotopic (exact) mass is 463 g/mol. The van der Waals surface area contributed by atoms with Crippen molar-refractivity contribution < 1.29 is 18.7 Å². The van der Waals surface area contributed by atoms with Crippen LogP contribution >= 0.6 is 0 Å². The number of carbonyl (C=O) groups excluding carboxylic acids is 2. The van der Waals surface area contributed by atoms with E-state index in [-0.39, 0.29) is 18.2 Å². The molecule has 0 radical (unpaired) electrons. The molecule has 0 saturated carbocycles. The van der Waals surface area contributed by atoms with E-state index in [1.165, 1.54) is 11.6 Å². The van der Waals surface area contributed by atoms with Gasteiger partial charge < -0.3 is 15.0 Å². The molecule has 178 valence electrons. The maximum Gasteiger partial charge on any atom is 0.247 e. The first-order chi connectivity index (χ1) is 16.3. The van der Waals surface area contributed by atoms with E-state index in [1.807, 2.05) is 12.3 Å². The van der Waals surface area contributed by atoms with E-state index in [1.54, 1.807) is 43.1 Å². The molecule has 1 N–H and O–H groups in total. The van der Waals surface area contributed by atoms with Crippen molar-refractivity contribution in [3.8, 4) is 0 Å². The van der Waals surface area contributed by atoms with Gasteiger partial charge in [-0.2, -0.15) is 0 Å². The Hall–Kier alpha value is -3.32. The van der Waals surface area contributed by atoms with Gasteiger partial charge in [-0.15, -0.1) is 0 Å². The summed E-state index contributed by atoms with van der Waals surface area (Å²) in [5.41, 5.74) is 0.365. The summed E-state index contributed by atoms with van der Waals surface area (Å²) in [6.45, 7) is 5.40. The number of hydrogen-bond donors (Lipinski definition) is 1. The molecule has 2 amide bonds. The van der Waals surface area contributed by atoms with Gasteiger partial charge in [0, 0.05) is 36.8 Å². The van der Waals surface area contributed by atoms with Gasteiger partial charge in [-0.1, -0.05) is 36.4 Å². The molecule has 0 aliphatic carbocycles. The summed E-state index contributed by atoms with van der Waals surface area (Å²) in [7, 11) is 0. The fourth-order valence-electron chi connectivity index (χ4n) is 4.44. The summed E-state index contributed by atoms with van der Waals surface area (Å²) in [5.74, 6) is -0.860. The average molecular weight is 464 g/mol. The Bertz CT molecular complexity index is 1180. The first-order valence-electron chi connectivity index (χ1n) is 11.6. The molecule has 1 saturated heterocycles. The van der Waals surface area contributed by atoms with Crippen molar-refractivity contribution >= 4 is 22.6 Å². The second-order valence-corrected chi connectivity index (χ2v) is 9.39. The van der Waals surface area contributed by atoms with Gasteiger partial charge in [-0.05, 0) is 48.9 Å². The zero-order valence-corrected chi connectivity index (χ0v) is 19.6. The van der Waals surface area contributed by atoms with Gasteiger partial charge in [0.05, 0.1) is 19.6 Å². The zero-order chi connectivity index (χ0) is 24.1. The molecule has 1 aliphatic heterocycles. The quantitative estimate of drug-likeness (QED) is 0.607. The van der Waals surface area contributed by atoms with E-state index in [9.17, 15) is 14.0 Å². The standard InChI is InChI=1S/C27H30FN3O3/c1-27(2,30-25(32)15-22-5-3-4-6-24(22)28)26(33)31-11-12-34-18-20(17-31)13-19-7-8-23-16-29-10-9-21(23)14-19/h3-10,14,16,20H,11-13,15,17-18H2,1-2H3,(H,30,32)/t20-/m1/s1. The molecule has 1 fully saturated rings. The van der Waals surface area contributed by atoms with Crippen molar-refractivity contribution in [1.29, 1.82) is 0 Å². The maximum absolute atomic E-state index is 13.9. The Balaban J connectivity index is 1.40. The lowest BCUT2D eigenvalue weighted by Gasteiger charge is -2.33. The molecule has 0 spiro atoms. The number of nitrogens with zero attached hydrogens (tertiary/aromatic N) is 2. The van der Waals surface area contributed by atoms with Crippen LogP contribution in [0, 0.1) is 11.7 Å². The third-order valence-corrected chi connectivity index (χ3v) is 6.15. The van der Waals surface area contributed by atoms with Crippen LogP contribution in [0.3, 0.4) is 0 Å². The predicted octanol–water partition coefficient (Wildman–Crippen LogP) is 3.53. The molecule has 1 aliphatic rings. The van der Waals surface area contributed by atoms with E-state index in [2.05, 4.69) is 28.5 Å². The van der Waals surface area contributed by atoms with Crippen LogP contribution in [0.15, 0.2) is 60.9 Å². The molecular formula is C27H30FN3O3. The Morgan fingerprint density at radius 2 is 2.00 bits per heavy atom. The molecule has 6 nitrogen and oxygen atoms in total. The van der Waals surface area contributed by atoms with Crippen molar-refractivity contribution in [2.24, 2.45) is 5.92 Å². The van der Waals surface area contributed by atoms with Crippen molar-refractivity contribution in [3.05, 3.63) is 77.9 Å². The number of pyridine rings is 1. The highest BCUT2D eigenvalue weighted by Crippen LogP contribution is 2.21. The van der Waals surface area contributed by atoms with Crippen LogP contribution in [-0.2, 0) is 27.2 Å². The fraction of sp³-hybridized carbons (Fsp3) is 0.370. The number of rotatable bonds is 6. The number of ether oxygens (including phenoxy) is 1. The highest BCUT2D eigenvalue weighted by Gasteiger charge is 2.35. The minimum absolute atomic E-state index is 0.118. The second kappa shape index (κ2) is 10.3. The summed E-state index contributed by atoms with van der Waals surface area (Å²) in [6.07, 6.45) is 4.29. The first-order valence-corrected chi connectivity index (χ1v) is 11.6. The van der Waals surface area contributed by atoms with E-state index in [4.69, 9.17) is 4.74 Å². The second-order valence-electron chi connectivity index (χ2n) is 9.39. The Labute approximate surface area is 199 Å². The SMILES string of the molecule is CC(C)(NC(=O)Cc1ccccc1F)C(=O)N1CCOC[C@H](Cc2ccc3cnccc3c2)C1. The molecule has 7 heteroatoms. The largest absolute Gasteiger partial charge is 0.379 e. The van der Waals surface area contributed by atoms with Crippen LogP contribution in [0.1, 0.15) is 25.0 Å². The van der Waals surface area contributed by atoms with Gasteiger partial charge in [0.15, 0.2) is 0 Å². The Kier molecular flexibility index (Phi) is 7.22. The van der Waals surface area contributed by atoms with Gasteiger partial charge in [0.25, 0.3) is 0 Å². The van der Waals surface area contributed by atoms with Crippen LogP contribution in [0.25, 0.3) is 10.8 Å². The zero-order valence-electron chi connectivity index (χ0n) is 19.6. The molecule has 34 heavy (non-hydrogen) atoms. The first kappa shape index (κ1) is 23.8. The molecule has 3 aromatic rings. The molecule has 0 unspecified atom stereocenters. The summed E-state index contributed by atoms with van der Waals surface area (Å²) < 4.78 is 19.7. The number of amides is 2. The predicted molar refractivity (Wildman–Crippen MR) is 129 cm³/mol. The molecule has 2 heterocycles. The Morgan fingerprint density at radius 3 is 2.82 bits per heavy atom. The van der Waals surface area contributed by atoms with Crippen molar-refractivity contribution in [2.45, 2.75) is 32.2 Å². The maximum atomic E-state index is 13.9. The number of halogens is 1. The topological polar surface area (TPSA) is 71.5 Å². The van der Waals surface area contributed by atoms with Crippen LogP contribution in [0.5, 0.6) is 0 Å². The highest BCUT2D eigenvalue weighted by atomic mass is 19.1. The van der Waals surface area contributed by atoms with Crippen LogP contribution in [0.4, 0.5) is 4.39 Å². The summed E-state index contributed by atoms with van der Waals surface area (Å²) in [5, 5.41) is 5.01. The lowest BCUT2D eigenvalue weighted by Crippen LogP contribution is -2.57. The van der Waals surface area contributed by atoms with Crippen LogP contribution in [-0.4, -0.2) is 53.5 Å². The summed E-state index contributed by atoms with van der Waals surface area (Å²) in [4.78, 5) is 31.9. The number of nitrogens with one attached hydrogen (secondary N) is 1. The molecule has 2 aromatic carbocycles. The van der Waals surface area contributed by atoms with Gasteiger partial charge in [-0.25, -0.2) is 4.39 Å². The van der Waals surface area contributed by atoms with Gasteiger partial charge in [-0.3, -0.25) is 14.6 Å². The lowest BCUT2D eigenvalue weighted by atomic mass is 9.96. The van der Waals surface area contributed by atoms with Crippen molar-refractivity contribution in [1.82, 2.24) is 15.2 Å². The van der Waals surface area contributed by atoms with Gasteiger partial charge >= 0.3 is 0 Å². The molecular weight excluding hydrogens is 433 g/mol. The third kappa shape index (κ3) is 5.78. The summed E-state index contributed by atoms with van der Waals surface area (Å²) >= 11 is 0. The fourth-order valence-corrected chi connectivity index (χ4v) is 4.44.